The Labute approximate surface area is 116 Å². The summed E-state index contributed by atoms with van der Waals surface area (Å²) >= 11 is 0. The Kier molecular flexibility index (Phi) is 3.22. The first-order valence-corrected chi connectivity index (χ1v) is 6.49. The first-order chi connectivity index (χ1) is 9.02. The van der Waals surface area contributed by atoms with E-state index in [4.69, 9.17) is 4.74 Å². The number of nitrogens with one attached hydrogen (secondary N) is 1. The first-order valence-electron chi connectivity index (χ1n) is 6.49. The summed E-state index contributed by atoms with van der Waals surface area (Å²) in [5.74, 6) is -5.16. The number of methoxy groups -OCH3 is 1. The average Bonchev–Trinajstić information content (AvgIpc) is 2.67. The minimum absolute atomic E-state index is 0.115. The SMILES string of the molecule is COC(=O)C1(NC(=O)OC(C)(C)C)CC2C(C1)C2(F)F. The number of amides is 1. The van der Waals surface area contributed by atoms with Crippen LogP contribution in [0.2, 0.25) is 0 Å². The van der Waals surface area contributed by atoms with Crippen molar-refractivity contribution in [1.82, 2.24) is 5.32 Å². The Bertz CT molecular complexity index is 430. The lowest BCUT2D eigenvalue weighted by Gasteiger charge is -2.31. The predicted molar refractivity (Wildman–Crippen MR) is 65.3 cm³/mol. The standard InChI is InChI=1S/C13H19F2NO4/c1-11(2,3)20-10(18)16-12(9(17)19-4)5-7-8(6-12)13(7,14)15/h7-8H,5-6H2,1-4H3,(H,16,18). The van der Waals surface area contributed by atoms with Crippen LogP contribution in [-0.4, -0.2) is 36.2 Å². The lowest BCUT2D eigenvalue weighted by molar-refractivity contribution is -0.149. The van der Waals surface area contributed by atoms with Crippen LogP contribution in [0.3, 0.4) is 0 Å². The van der Waals surface area contributed by atoms with Gasteiger partial charge in [0, 0.05) is 11.8 Å². The summed E-state index contributed by atoms with van der Waals surface area (Å²) in [6, 6.07) is 0. The van der Waals surface area contributed by atoms with Crippen molar-refractivity contribution in [2.75, 3.05) is 7.11 Å². The highest BCUT2D eigenvalue weighted by atomic mass is 19.3. The Balaban J connectivity index is 2.08. The minimum Gasteiger partial charge on any atom is -0.467 e. The first kappa shape index (κ1) is 15.0. The van der Waals surface area contributed by atoms with E-state index in [1.807, 2.05) is 0 Å². The van der Waals surface area contributed by atoms with Gasteiger partial charge in [0.2, 0.25) is 0 Å². The molecule has 0 saturated heterocycles. The summed E-state index contributed by atoms with van der Waals surface area (Å²) in [6.07, 6.45) is -1.03. The molecule has 2 aliphatic rings. The number of rotatable bonds is 2. The molecule has 1 N–H and O–H groups in total. The van der Waals surface area contributed by atoms with E-state index in [1.165, 1.54) is 7.11 Å². The van der Waals surface area contributed by atoms with Gasteiger partial charge in [-0.3, -0.25) is 0 Å². The highest BCUT2D eigenvalue weighted by Crippen LogP contribution is 2.66. The zero-order valence-corrected chi connectivity index (χ0v) is 12.0. The smallest absolute Gasteiger partial charge is 0.408 e. The molecular weight excluding hydrogens is 272 g/mol. The third-order valence-corrected chi connectivity index (χ3v) is 3.82. The summed E-state index contributed by atoms with van der Waals surface area (Å²) in [6.45, 7) is 5.03. The van der Waals surface area contributed by atoms with Gasteiger partial charge in [0.15, 0.2) is 0 Å². The van der Waals surface area contributed by atoms with Gasteiger partial charge < -0.3 is 14.8 Å². The molecule has 0 heterocycles. The van der Waals surface area contributed by atoms with Gasteiger partial charge in [0.1, 0.15) is 11.1 Å². The zero-order valence-electron chi connectivity index (χ0n) is 12.0. The number of alkyl carbamates (subject to hydrolysis) is 1. The van der Waals surface area contributed by atoms with Crippen LogP contribution in [0, 0.1) is 11.8 Å². The molecule has 1 amide bonds. The van der Waals surface area contributed by atoms with Crippen molar-refractivity contribution in [2.45, 2.75) is 50.7 Å². The number of alkyl halides is 2. The molecule has 2 rings (SSSR count). The molecule has 7 heteroatoms. The summed E-state index contributed by atoms with van der Waals surface area (Å²) < 4.78 is 36.3. The molecule has 0 spiro atoms. The Morgan fingerprint density at radius 1 is 1.20 bits per heavy atom. The number of esters is 1. The van der Waals surface area contributed by atoms with Gasteiger partial charge in [-0.05, 0) is 33.6 Å². The minimum atomic E-state index is -2.73. The molecule has 0 radical (unpaired) electrons. The maximum Gasteiger partial charge on any atom is 0.408 e. The van der Waals surface area contributed by atoms with Crippen molar-refractivity contribution in [1.29, 1.82) is 0 Å². The molecule has 2 aliphatic carbocycles. The van der Waals surface area contributed by atoms with Crippen LogP contribution >= 0.6 is 0 Å². The van der Waals surface area contributed by atoms with Crippen molar-refractivity contribution in [3.05, 3.63) is 0 Å². The van der Waals surface area contributed by atoms with Crippen molar-refractivity contribution < 1.29 is 27.8 Å². The van der Waals surface area contributed by atoms with E-state index in [0.29, 0.717) is 0 Å². The third kappa shape index (κ3) is 2.45. The molecular formula is C13H19F2NO4. The van der Waals surface area contributed by atoms with Crippen LogP contribution in [-0.2, 0) is 14.3 Å². The molecule has 114 valence electrons. The largest absolute Gasteiger partial charge is 0.467 e. The predicted octanol–water partition coefficient (Wildman–Crippen LogP) is 2.10. The Morgan fingerprint density at radius 3 is 2.10 bits per heavy atom. The quantitative estimate of drug-likeness (QED) is 0.791. The zero-order chi connectivity index (χ0) is 15.3. The highest BCUT2D eigenvalue weighted by molar-refractivity contribution is 5.86. The van der Waals surface area contributed by atoms with E-state index in [-0.39, 0.29) is 12.8 Å². The Morgan fingerprint density at radius 2 is 1.70 bits per heavy atom. The number of ether oxygens (including phenoxy) is 2. The summed E-state index contributed by atoms with van der Waals surface area (Å²) in [4.78, 5) is 23.7. The fourth-order valence-corrected chi connectivity index (χ4v) is 2.87. The van der Waals surface area contributed by atoms with Gasteiger partial charge in [0.05, 0.1) is 7.11 Å². The Hall–Kier alpha value is -1.40. The number of halogens is 2. The number of carbonyl (C=O) groups excluding carboxylic acids is 2. The van der Waals surface area contributed by atoms with Gasteiger partial charge in [-0.15, -0.1) is 0 Å². The van der Waals surface area contributed by atoms with Crippen molar-refractivity contribution in [3.63, 3.8) is 0 Å². The van der Waals surface area contributed by atoms with Crippen LogP contribution < -0.4 is 5.32 Å². The maximum atomic E-state index is 13.3. The molecule has 2 unspecified atom stereocenters. The van der Waals surface area contributed by atoms with Gasteiger partial charge >= 0.3 is 12.1 Å². The lowest BCUT2D eigenvalue weighted by Crippen LogP contribution is -2.55. The van der Waals surface area contributed by atoms with Crippen molar-refractivity contribution >= 4 is 12.1 Å². The number of fused-ring (bicyclic) bond motifs is 1. The topological polar surface area (TPSA) is 64.6 Å². The van der Waals surface area contributed by atoms with E-state index < -0.39 is 41.0 Å². The van der Waals surface area contributed by atoms with Gasteiger partial charge in [0.25, 0.3) is 5.92 Å². The molecule has 2 saturated carbocycles. The molecule has 2 atom stereocenters. The van der Waals surface area contributed by atoms with Crippen molar-refractivity contribution in [2.24, 2.45) is 11.8 Å². The molecule has 0 aromatic heterocycles. The van der Waals surface area contributed by atoms with Crippen LogP contribution in [0.1, 0.15) is 33.6 Å². The molecule has 0 aliphatic heterocycles. The van der Waals surface area contributed by atoms with Gasteiger partial charge in [-0.1, -0.05) is 0 Å². The van der Waals surface area contributed by atoms with Crippen LogP contribution in [0.15, 0.2) is 0 Å². The lowest BCUT2D eigenvalue weighted by atomic mass is 9.92. The fourth-order valence-electron chi connectivity index (χ4n) is 2.87. The van der Waals surface area contributed by atoms with E-state index in [2.05, 4.69) is 10.1 Å². The second-order valence-electron chi connectivity index (χ2n) is 6.50. The van der Waals surface area contributed by atoms with E-state index in [1.54, 1.807) is 20.8 Å². The van der Waals surface area contributed by atoms with Gasteiger partial charge in [-0.2, -0.15) is 0 Å². The molecule has 20 heavy (non-hydrogen) atoms. The molecule has 0 aromatic rings. The van der Waals surface area contributed by atoms with E-state index in [9.17, 15) is 18.4 Å². The maximum absolute atomic E-state index is 13.3. The molecule has 0 bridgehead atoms. The number of carbonyl (C=O) groups is 2. The van der Waals surface area contributed by atoms with Gasteiger partial charge in [-0.25, -0.2) is 18.4 Å². The average molecular weight is 291 g/mol. The van der Waals surface area contributed by atoms with E-state index >= 15 is 0 Å². The second kappa shape index (κ2) is 4.30. The second-order valence-corrected chi connectivity index (χ2v) is 6.50. The van der Waals surface area contributed by atoms with Crippen LogP contribution in [0.5, 0.6) is 0 Å². The molecule has 5 nitrogen and oxygen atoms in total. The molecule has 2 fully saturated rings. The van der Waals surface area contributed by atoms with Crippen LogP contribution in [0.25, 0.3) is 0 Å². The fraction of sp³-hybridized carbons (Fsp3) is 0.846. The van der Waals surface area contributed by atoms with E-state index in [0.717, 1.165) is 0 Å². The summed E-state index contributed by atoms with van der Waals surface area (Å²) in [7, 11) is 1.17. The monoisotopic (exact) mass is 291 g/mol. The summed E-state index contributed by atoms with van der Waals surface area (Å²) in [5.41, 5.74) is -2.12. The van der Waals surface area contributed by atoms with Crippen molar-refractivity contribution in [3.8, 4) is 0 Å². The van der Waals surface area contributed by atoms with Crippen LogP contribution in [0.4, 0.5) is 13.6 Å². The normalized spacial score (nSPS) is 34.1. The third-order valence-electron chi connectivity index (χ3n) is 3.82. The summed E-state index contributed by atoms with van der Waals surface area (Å²) in [5, 5.41) is 2.43. The number of hydrogen-bond acceptors (Lipinski definition) is 4. The highest BCUT2D eigenvalue weighted by Gasteiger charge is 2.76. The molecule has 0 aromatic carbocycles. The number of hydrogen-bond donors (Lipinski definition) is 1.